The average molecular weight is 308 g/mol. The van der Waals surface area contributed by atoms with Gasteiger partial charge in [-0.25, -0.2) is 4.79 Å². The number of nitrogens with zero attached hydrogens (tertiary/aromatic N) is 1. The Morgan fingerprint density at radius 3 is 2.50 bits per heavy atom. The van der Waals surface area contributed by atoms with E-state index in [0.29, 0.717) is 5.69 Å². The van der Waals surface area contributed by atoms with E-state index in [9.17, 15) is 4.79 Å². The standard InChI is InChI=1S/C14H14BrNO2/c1-3-16-9-11(8-13(16)14(17)18-2)10-4-6-12(15)7-5-10/h4-9H,3H2,1-2H3. The van der Waals surface area contributed by atoms with Crippen molar-refractivity contribution >= 4 is 21.9 Å². The van der Waals surface area contributed by atoms with Crippen LogP contribution in [0.3, 0.4) is 0 Å². The molecule has 94 valence electrons. The maximum absolute atomic E-state index is 11.6. The Labute approximate surface area is 115 Å². The van der Waals surface area contributed by atoms with E-state index in [-0.39, 0.29) is 5.97 Å². The molecule has 0 aliphatic heterocycles. The van der Waals surface area contributed by atoms with E-state index in [1.165, 1.54) is 7.11 Å². The van der Waals surface area contributed by atoms with Crippen LogP contribution >= 0.6 is 15.9 Å². The minimum Gasteiger partial charge on any atom is -0.464 e. The van der Waals surface area contributed by atoms with Crippen LogP contribution in [0.4, 0.5) is 0 Å². The predicted molar refractivity (Wildman–Crippen MR) is 74.6 cm³/mol. The summed E-state index contributed by atoms with van der Waals surface area (Å²) in [5.41, 5.74) is 2.68. The zero-order valence-electron chi connectivity index (χ0n) is 10.3. The van der Waals surface area contributed by atoms with E-state index in [1.807, 2.05) is 48.0 Å². The Morgan fingerprint density at radius 2 is 1.94 bits per heavy atom. The Bertz CT molecular complexity index is 558. The molecule has 0 aliphatic carbocycles. The molecule has 0 N–H and O–H groups in total. The summed E-state index contributed by atoms with van der Waals surface area (Å²) in [6.07, 6.45) is 1.97. The maximum atomic E-state index is 11.6. The van der Waals surface area contributed by atoms with Gasteiger partial charge in [-0.05, 0) is 30.7 Å². The first-order valence-corrected chi connectivity index (χ1v) is 6.49. The number of halogens is 1. The Hall–Kier alpha value is -1.55. The number of rotatable bonds is 3. The first-order chi connectivity index (χ1) is 8.65. The second-order valence-corrected chi connectivity index (χ2v) is 4.81. The quantitative estimate of drug-likeness (QED) is 0.809. The van der Waals surface area contributed by atoms with Crippen LogP contribution in [-0.2, 0) is 11.3 Å². The van der Waals surface area contributed by atoms with Crippen LogP contribution in [0, 0.1) is 0 Å². The first kappa shape index (κ1) is 12.9. The van der Waals surface area contributed by atoms with Crippen LogP contribution in [0.15, 0.2) is 41.0 Å². The number of hydrogen-bond donors (Lipinski definition) is 0. The van der Waals surface area contributed by atoms with Gasteiger partial charge in [0.25, 0.3) is 0 Å². The molecule has 0 unspecified atom stereocenters. The third kappa shape index (κ3) is 2.48. The van der Waals surface area contributed by atoms with Gasteiger partial charge in [0.05, 0.1) is 7.11 Å². The van der Waals surface area contributed by atoms with E-state index in [4.69, 9.17) is 4.74 Å². The number of benzene rings is 1. The highest BCUT2D eigenvalue weighted by Crippen LogP contribution is 2.24. The zero-order chi connectivity index (χ0) is 13.1. The van der Waals surface area contributed by atoms with Gasteiger partial charge in [0.15, 0.2) is 0 Å². The largest absolute Gasteiger partial charge is 0.464 e. The molecule has 2 rings (SSSR count). The summed E-state index contributed by atoms with van der Waals surface area (Å²) in [6.45, 7) is 2.73. The first-order valence-electron chi connectivity index (χ1n) is 5.70. The molecule has 4 heteroatoms. The third-order valence-electron chi connectivity index (χ3n) is 2.81. The number of aromatic nitrogens is 1. The summed E-state index contributed by atoms with van der Waals surface area (Å²) in [5, 5.41) is 0. The van der Waals surface area contributed by atoms with E-state index in [0.717, 1.165) is 22.1 Å². The Balaban J connectivity index is 2.43. The van der Waals surface area contributed by atoms with E-state index in [1.54, 1.807) is 0 Å². The molecule has 2 aromatic rings. The predicted octanol–water partition coefficient (Wildman–Crippen LogP) is 3.72. The zero-order valence-corrected chi connectivity index (χ0v) is 11.9. The molecule has 0 fully saturated rings. The van der Waals surface area contributed by atoms with Gasteiger partial charge in [0.1, 0.15) is 5.69 Å². The van der Waals surface area contributed by atoms with Crippen LogP contribution in [0.25, 0.3) is 11.1 Å². The van der Waals surface area contributed by atoms with Gasteiger partial charge in [-0.15, -0.1) is 0 Å². The molecule has 0 aliphatic rings. The molecule has 0 saturated carbocycles. The summed E-state index contributed by atoms with van der Waals surface area (Å²) in [7, 11) is 1.40. The second kappa shape index (κ2) is 5.40. The van der Waals surface area contributed by atoms with E-state index < -0.39 is 0 Å². The fourth-order valence-corrected chi connectivity index (χ4v) is 2.11. The summed E-state index contributed by atoms with van der Waals surface area (Å²) in [4.78, 5) is 11.6. The van der Waals surface area contributed by atoms with Crippen molar-refractivity contribution in [2.75, 3.05) is 7.11 Å². The van der Waals surface area contributed by atoms with Gasteiger partial charge < -0.3 is 9.30 Å². The highest BCUT2D eigenvalue weighted by Gasteiger charge is 2.13. The Morgan fingerprint density at radius 1 is 1.28 bits per heavy atom. The number of carbonyl (C=O) groups excluding carboxylic acids is 1. The van der Waals surface area contributed by atoms with E-state index >= 15 is 0 Å². The van der Waals surface area contributed by atoms with Crippen molar-refractivity contribution in [3.63, 3.8) is 0 Å². The highest BCUT2D eigenvalue weighted by molar-refractivity contribution is 9.10. The lowest BCUT2D eigenvalue weighted by Crippen LogP contribution is -2.08. The molecule has 1 heterocycles. The molecule has 0 radical (unpaired) electrons. The molecule has 0 amide bonds. The van der Waals surface area contributed by atoms with Gasteiger partial charge in [-0.3, -0.25) is 0 Å². The molecule has 0 saturated heterocycles. The molecule has 0 atom stereocenters. The summed E-state index contributed by atoms with van der Waals surface area (Å²) >= 11 is 3.41. The summed E-state index contributed by atoms with van der Waals surface area (Å²) in [5.74, 6) is -0.305. The number of aryl methyl sites for hydroxylation is 1. The van der Waals surface area contributed by atoms with E-state index in [2.05, 4.69) is 15.9 Å². The normalized spacial score (nSPS) is 10.4. The van der Waals surface area contributed by atoms with Gasteiger partial charge in [0, 0.05) is 22.8 Å². The molecule has 3 nitrogen and oxygen atoms in total. The lowest BCUT2D eigenvalue weighted by atomic mass is 10.1. The molecule has 18 heavy (non-hydrogen) atoms. The SMILES string of the molecule is CCn1cc(-c2ccc(Br)cc2)cc1C(=O)OC. The van der Waals surface area contributed by atoms with Crippen molar-refractivity contribution in [1.29, 1.82) is 0 Å². The van der Waals surface area contributed by atoms with Gasteiger partial charge in [-0.2, -0.15) is 0 Å². The molecule has 1 aromatic carbocycles. The number of hydrogen-bond acceptors (Lipinski definition) is 2. The van der Waals surface area contributed by atoms with Crippen LogP contribution in [0.1, 0.15) is 17.4 Å². The molecule has 0 bridgehead atoms. The van der Waals surface area contributed by atoms with Crippen molar-refractivity contribution in [3.8, 4) is 11.1 Å². The Kier molecular flexibility index (Phi) is 3.87. The lowest BCUT2D eigenvalue weighted by molar-refractivity contribution is 0.0588. The maximum Gasteiger partial charge on any atom is 0.354 e. The fraction of sp³-hybridized carbons (Fsp3) is 0.214. The number of esters is 1. The molecule has 0 spiro atoms. The van der Waals surface area contributed by atoms with Crippen molar-refractivity contribution in [3.05, 3.63) is 46.7 Å². The van der Waals surface area contributed by atoms with Crippen molar-refractivity contribution in [2.45, 2.75) is 13.5 Å². The van der Waals surface area contributed by atoms with Crippen LogP contribution in [0.5, 0.6) is 0 Å². The van der Waals surface area contributed by atoms with Crippen LogP contribution < -0.4 is 0 Å². The topological polar surface area (TPSA) is 31.2 Å². The summed E-state index contributed by atoms with van der Waals surface area (Å²) < 4.78 is 7.71. The van der Waals surface area contributed by atoms with Gasteiger partial charge in [0.2, 0.25) is 0 Å². The third-order valence-corrected chi connectivity index (χ3v) is 3.34. The number of ether oxygens (including phenoxy) is 1. The van der Waals surface area contributed by atoms with Crippen LogP contribution in [0.2, 0.25) is 0 Å². The van der Waals surface area contributed by atoms with Crippen LogP contribution in [-0.4, -0.2) is 17.6 Å². The second-order valence-electron chi connectivity index (χ2n) is 3.90. The smallest absolute Gasteiger partial charge is 0.354 e. The van der Waals surface area contributed by atoms with Crippen molar-refractivity contribution in [1.82, 2.24) is 4.57 Å². The van der Waals surface area contributed by atoms with Gasteiger partial charge in [-0.1, -0.05) is 28.1 Å². The monoisotopic (exact) mass is 307 g/mol. The summed E-state index contributed by atoms with van der Waals surface area (Å²) in [6, 6.07) is 9.85. The number of carbonyl (C=O) groups is 1. The number of methoxy groups -OCH3 is 1. The minimum atomic E-state index is -0.305. The van der Waals surface area contributed by atoms with Gasteiger partial charge >= 0.3 is 5.97 Å². The van der Waals surface area contributed by atoms with Crippen molar-refractivity contribution in [2.24, 2.45) is 0 Å². The fourth-order valence-electron chi connectivity index (χ4n) is 1.85. The molecular weight excluding hydrogens is 294 g/mol. The highest BCUT2D eigenvalue weighted by atomic mass is 79.9. The van der Waals surface area contributed by atoms with Crippen molar-refractivity contribution < 1.29 is 9.53 Å². The minimum absolute atomic E-state index is 0.305. The average Bonchev–Trinajstić information content (AvgIpc) is 2.82. The molecule has 1 aromatic heterocycles. The lowest BCUT2D eigenvalue weighted by Gasteiger charge is -2.02. The molecular formula is C14H14BrNO2.